The van der Waals surface area contributed by atoms with Gasteiger partial charge >= 0.3 is 0 Å². The summed E-state index contributed by atoms with van der Waals surface area (Å²) in [6, 6.07) is 4.69. The summed E-state index contributed by atoms with van der Waals surface area (Å²) >= 11 is 0. The topological polar surface area (TPSA) is 43.8 Å². The number of aryl methyl sites for hydroxylation is 1. The quantitative estimate of drug-likeness (QED) is 0.806. The Balaban J connectivity index is 2.35. The normalized spacial score (nSPS) is 10.6. The molecule has 0 bridgehead atoms. The number of rotatable bonds is 3. The Labute approximate surface area is 93.7 Å². The number of nitrogens with two attached hydrogens (primary N) is 1. The molecule has 2 N–H and O–H groups in total. The summed E-state index contributed by atoms with van der Waals surface area (Å²) in [6.07, 6.45) is 4.52. The van der Waals surface area contributed by atoms with Crippen LogP contribution in [0.25, 0.3) is 11.1 Å². The average molecular weight is 219 g/mol. The molecule has 2 aromatic rings. The van der Waals surface area contributed by atoms with Crippen molar-refractivity contribution in [1.82, 2.24) is 9.78 Å². The smallest absolute Gasteiger partial charge is 0.133 e. The molecule has 16 heavy (non-hydrogen) atoms. The highest BCUT2D eigenvalue weighted by Crippen LogP contribution is 2.23. The van der Waals surface area contributed by atoms with Crippen molar-refractivity contribution in [2.45, 2.75) is 19.9 Å². The summed E-state index contributed by atoms with van der Waals surface area (Å²) in [5.74, 6) is -0.309. The number of nitrogens with zero attached hydrogens (tertiary/aromatic N) is 2. The molecule has 0 atom stereocenters. The number of halogens is 1. The van der Waals surface area contributed by atoms with E-state index in [1.807, 2.05) is 10.9 Å². The van der Waals surface area contributed by atoms with Crippen LogP contribution in [-0.4, -0.2) is 9.78 Å². The van der Waals surface area contributed by atoms with E-state index in [1.165, 1.54) is 6.07 Å². The molecule has 0 amide bonds. The fourth-order valence-electron chi connectivity index (χ4n) is 1.62. The Morgan fingerprint density at radius 3 is 2.94 bits per heavy atom. The van der Waals surface area contributed by atoms with Gasteiger partial charge in [0.1, 0.15) is 5.82 Å². The van der Waals surface area contributed by atoms with E-state index >= 15 is 0 Å². The van der Waals surface area contributed by atoms with Crippen LogP contribution < -0.4 is 5.73 Å². The lowest BCUT2D eigenvalue weighted by Crippen LogP contribution is -1.95. The van der Waals surface area contributed by atoms with Crippen LogP contribution in [0, 0.1) is 5.82 Å². The Morgan fingerprint density at radius 1 is 1.44 bits per heavy atom. The molecule has 0 aliphatic carbocycles. The maximum atomic E-state index is 13.6. The summed E-state index contributed by atoms with van der Waals surface area (Å²) in [6.45, 7) is 2.92. The highest BCUT2D eigenvalue weighted by Gasteiger charge is 2.07. The molecule has 3 nitrogen and oxygen atoms in total. The number of hydrogen-bond donors (Lipinski definition) is 1. The second kappa shape index (κ2) is 4.35. The minimum Gasteiger partial charge on any atom is -0.399 e. The molecule has 0 unspecified atom stereocenters. The first-order valence-corrected chi connectivity index (χ1v) is 5.28. The van der Waals surface area contributed by atoms with Gasteiger partial charge in [0.2, 0.25) is 0 Å². The van der Waals surface area contributed by atoms with Gasteiger partial charge in [0.05, 0.1) is 6.20 Å². The molecular formula is C12H14FN3. The minimum absolute atomic E-state index is 0.309. The highest BCUT2D eigenvalue weighted by atomic mass is 19.1. The van der Waals surface area contributed by atoms with Crippen molar-refractivity contribution in [3.63, 3.8) is 0 Å². The van der Waals surface area contributed by atoms with Crippen LogP contribution in [0.4, 0.5) is 10.1 Å². The van der Waals surface area contributed by atoms with Crippen molar-refractivity contribution in [2.24, 2.45) is 0 Å². The van der Waals surface area contributed by atoms with Gasteiger partial charge < -0.3 is 5.73 Å². The maximum absolute atomic E-state index is 13.6. The molecule has 0 radical (unpaired) electrons. The van der Waals surface area contributed by atoms with E-state index < -0.39 is 0 Å². The van der Waals surface area contributed by atoms with Gasteiger partial charge in [-0.05, 0) is 24.6 Å². The number of nitrogen functional groups attached to an aromatic ring is 1. The Morgan fingerprint density at radius 2 is 2.25 bits per heavy atom. The highest BCUT2D eigenvalue weighted by molar-refractivity contribution is 5.64. The van der Waals surface area contributed by atoms with Crippen LogP contribution in [0.3, 0.4) is 0 Å². The number of aromatic nitrogens is 2. The molecule has 4 heteroatoms. The fourth-order valence-corrected chi connectivity index (χ4v) is 1.62. The second-order valence-corrected chi connectivity index (χ2v) is 3.73. The zero-order valence-electron chi connectivity index (χ0n) is 9.15. The predicted octanol–water partition coefficient (Wildman–Crippen LogP) is 2.68. The molecule has 0 fully saturated rings. The number of hydrogen-bond acceptors (Lipinski definition) is 2. The van der Waals surface area contributed by atoms with E-state index in [0.717, 1.165) is 18.5 Å². The summed E-state index contributed by atoms with van der Waals surface area (Å²) in [7, 11) is 0. The van der Waals surface area contributed by atoms with Gasteiger partial charge in [-0.2, -0.15) is 5.10 Å². The standard InChI is InChI=1S/C12H14FN3/c1-2-5-16-8-9(7-15-16)11-4-3-10(14)6-12(11)13/h3-4,6-8H,2,5,14H2,1H3. The van der Waals surface area contributed by atoms with Crippen molar-refractivity contribution in [3.05, 3.63) is 36.4 Å². The van der Waals surface area contributed by atoms with Gasteiger partial charge in [0, 0.05) is 29.6 Å². The van der Waals surface area contributed by atoms with Crippen molar-refractivity contribution in [1.29, 1.82) is 0 Å². The van der Waals surface area contributed by atoms with Crippen LogP contribution in [0.2, 0.25) is 0 Å². The molecule has 0 aliphatic rings. The van der Waals surface area contributed by atoms with Crippen molar-refractivity contribution in [2.75, 3.05) is 5.73 Å². The van der Waals surface area contributed by atoms with Crippen LogP contribution in [-0.2, 0) is 6.54 Å². The number of benzene rings is 1. The van der Waals surface area contributed by atoms with Crippen molar-refractivity contribution < 1.29 is 4.39 Å². The van der Waals surface area contributed by atoms with Gasteiger partial charge in [-0.25, -0.2) is 4.39 Å². The first kappa shape index (κ1) is 10.7. The third-order valence-corrected chi connectivity index (χ3v) is 2.39. The first-order valence-electron chi connectivity index (χ1n) is 5.28. The van der Waals surface area contributed by atoms with E-state index in [9.17, 15) is 4.39 Å². The van der Waals surface area contributed by atoms with Gasteiger partial charge in [-0.15, -0.1) is 0 Å². The van der Waals surface area contributed by atoms with Crippen molar-refractivity contribution >= 4 is 5.69 Å². The second-order valence-electron chi connectivity index (χ2n) is 3.73. The summed E-state index contributed by atoms with van der Waals surface area (Å²) in [5, 5.41) is 4.16. The predicted molar refractivity (Wildman–Crippen MR) is 62.3 cm³/mol. The summed E-state index contributed by atoms with van der Waals surface area (Å²) < 4.78 is 15.4. The van der Waals surface area contributed by atoms with E-state index in [2.05, 4.69) is 12.0 Å². The zero-order chi connectivity index (χ0) is 11.5. The van der Waals surface area contributed by atoms with E-state index in [1.54, 1.807) is 18.3 Å². The maximum Gasteiger partial charge on any atom is 0.133 e. The van der Waals surface area contributed by atoms with Crippen LogP contribution in [0.15, 0.2) is 30.6 Å². The van der Waals surface area contributed by atoms with E-state index in [4.69, 9.17) is 5.73 Å². The third kappa shape index (κ3) is 2.05. The minimum atomic E-state index is -0.309. The fraction of sp³-hybridized carbons (Fsp3) is 0.250. The third-order valence-electron chi connectivity index (χ3n) is 2.39. The monoisotopic (exact) mass is 219 g/mol. The molecular weight excluding hydrogens is 205 g/mol. The molecule has 0 saturated heterocycles. The van der Waals surface area contributed by atoms with Gasteiger partial charge in [-0.1, -0.05) is 6.92 Å². The zero-order valence-corrected chi connectivity index (χ0v) is 9.15. The molecule has 0 saturated carbocycles. The Hall–Kier alpha value is -1.84. The molecule has 0 spiro atoms. The molecule has 84 valence electrons. The van der Waals surface area contributed by atoms with Crippen LogP contribution in [0.5, 0.6) is 0 Å². The van der Waals surface area contributed by atoms with E-state index in [-0.39, 0.29) is 5.82 Å². The van der Waals surface area contributed by atoms with Gasteiger partial charge in [0.15, 0.2) is 0 Å². The lowest BCUT2D eigenvalue weighted by Gasteiger charge is -2.01. The molecule has 0 aliphatic heterocycles. The molecule has 1 heterocycles. The lowest BCUT2D eigenvalue weighted by molar-refractivity contribution is 0.602. The number of anilines is 1. The molecule has 2 rings (SSSR count). The molecule has 1 aromatic carbocycles. The summed E-state index contributed by atoms with van der Waals surface area (Å²) in [5.41, 5.74) is 7.25. The Bertz CT molecular complexity index is 491. The van der Waals surface area contributed by atoms with Crippen LogP contribution in [0.1, 0.15) is 13.3 Å². The Kier molecular flexibility index (Phi) is 2.90. The lowest BCUT2D eigenvalue weighted by atomic mass is 10.1. The van der Waals surface area contributed by atoms with Gasteiger partial charge in [0.25, 0.3) is 0 Å². The molecule has 1 aromatic heterocycles. The summed E-state index contributed by atoms with van der Waals surface area (Å²) in [4.78, 5) is 0. The van der Waals surface area contributed by atoms with E-state index in [0.29, 0.717) is 11.3 Å². The van der Waals surface area contributed by atoms with Crippen LogP contribution >= 0.6 is 0 Å². The largest absolute Gasteiger partial charge is 0.399 e. The first-order chi connectivity index (χ1) is 7.70. The van der Waals surface area contributed by atoms with Gasteiger partial charge in [-0.3, -0.25) is 4.68 Å². The van der Waals surface area contributed by atoms with Crippen molar-refractivity contribution in [3.8, 4) is 11.1 Å². The SMILES string of the molecule is CCCn1cc(-c2ccc(N)cc2F)cn1. The average Bonchev–Trinajstić information content (AvgIpc) is 2.67.